The molecular weight excluding hydrogens is 628 g/mol. The first-order valence-corrected chi connectivity index (χ1v) is 13.1. The number of hydrogen-bond donors (Lipinski definition) is 3. The summed E-state index contributed by atoms with van der Waals surface area (Å²) in [6.45, 7) is 5.35. The summed E-state index contributed by atoms with van der Waals surface area (Å²) in [5, 5.41) is 10.4. The van der Waals surface area contributed by atoms with Crippen molar-refractivity contribution in [2.45, 2.75) is 25.7 Å². The second-order valence-corrected chi connectivity index (χ2v) is 11.3. The van der Waals surface area contributed by atoms with Gasteiger partial charge in [-0.25, -0.2) is 8.42 Å². The first-order valence-electron chi connectivity index (χ1n) is 9.26. The van der Waals surface area contributed by atoms with Crippen LogP contribution in [0.4, 0.5) is 0 Å². The summed E-state index contributed by atoms with van der Waals surface area (Å²) in [5.41, 5.74) is 4.24. The number of sulfonamides is 1. The summed E-state index contributed by atoms with van der Waals surface area (Å²) in [7, 11) is -4.01. The van der Waals surface area contributed by atoms with Crippen LogP contribution in [0.3, 0.4) is 0 Å². The Morgan fingerprint density at radius 1 is 1.06 bits per heavy atom. The van der Waals surface area contributed by atoms with E-state index < -0.39 is 10.0 Å². The molecule has 32 heavy (non-hydrogen) atoms. The predicted molar refractivity (Wildman–Crippen MR) is 136 cm³/mol. The number of halogens is 3. The van der Waals surface area contributed by atoms with E-state index in [0.717, 1.165) is 0 Å². The number of carbonyl (C=O) groups is 1. The van der Waals surface area contributed by atoms with Crippen LogP contribution < -0.4 is 10.7 Å². The summed E-state index contributed by atoms with van der Waals surface area (Å²) in [6, 6.07) is 8.26. The maximum atomic E-state index is 12.8. The fraction of sp³-hybridized carbons (Fsp3) is 0.136. The molecule has 4 N–H and O–H groups in total. The standard InChI is InChI=1S/C22H19Br3N2O4S/c1-10-8-14(11(2)19(24)21(10)28)18(15-9-16(23)22(29)20(25)12(15)3)13-6-4-5-7-17(13)32(30,31)27-26/h4-9,27-28H,26H2,1-3H3/b18-15+. The van der Waals surface area contributed by atoms with Gasteiger partial charge in [-0.2, -0.15) is 4.83 Å². The number of phenols is 1. The van der Waals surface area contributed by atoms with Crippen LogP contribution >= 0.6 is 47.8 Å². The van der Waals surface area contributed by atoms with E-state index in [1.807, 2.05) is 11.8 Å². The van der Waals surface area contributed by atoms with Gasteiger partial charge in [0.2, 0.25) is 5.78 Å². The number of nitrogens with one attached hydrogen (secondary N) is 1. The molecule has 0 saturated heterocycles. The molecular formula is C22H19Br3N2O4S. The number of hydrazine groups is 1. The van der Waals surface area contributed by atoms with E-state index in [4.69, 9.17) is 5.84 Å². The smallest absolute Gasteiger partial charge is 0.253 e. The number of Topliss-reactive ketones (excluding diaryl/α,β-unsaturated/α-hetero) is 1. The Kier molecular flexibility index (Phi) is 7.33. The van der Waals surface area contributed by atoms with E-state index in [9.17, 15) is 18.3 Å². The van der Waals surface area contributed by atoms with Crippen molar-refractivity contribution in [1.29, 1.82) is 0 Å². The van der Waals surface area contributed by atoms with Crippen LogP contribution in [0.15, 0.2) is 65.9 Å². The minimum absolute atomic E-state index is 0.0170. The Morgan fingerprint density at radius 3 is 2.31 bits per heavy atom. The highest BCUT2D eigenvalue weighted by molar-refractivity contribution is 9.13. The Hall–Kier alpha value is -1.56. The number of benzene rings is 2. The largest absolute Gasteiger partial charge is 0.506 e. The van der Waals surface area contributed by atoms with Crippen LogP contribution in [0.2, 0.25) is 0 Å². The molecule has 1 aliphatic rings. The zero-order valence-corrected chi connectivity index (χ0v) is 22.8. The zero-order valence-electron chi connectivity index (χ0n) is 17.3. The third-order valence-electron chi connectivity index (χ3n) is 5.24. The molecule has 0 spiro atoms. The number of aromatic hydroxyl groups is 1. The van der Waals surface area contributed by atoms with E-state index in [1.54, 1.807) is 44.2 Å². The minimum atomic E-state index is -4.01. The van der Waals surface area contributed by atoms with Gasteiger partial charge >= 0.3 is 0 Å². The van der Waals surface area contributed by atoms with Crippen LogP contribution in [0.5, 0.6) is 5.75 Å². The molecule has 0 amide bonds. The van der Waals surface area contributed by atoms with Crippen molar-refractivity contribution >= 4 is 69.2 Å². The number of ketones is 1. The summed E-state index contributed by atoms with van der Waals surface area (Å²) in [6.07, 6.45) is 1.67. The third kappa shape index (κ3) is 4.32. The Morgan fingerprint density at radius 2 is 1.69 bits per heavy atom. The van der Waals surface area contributed by atoms with Gasteiger partial charge in [-0.1, -0.05) is 18.2 Å². The average Bonchev–Trinajstić information content (AvgIpc) is 2.78. The number of carbonyl (C=O) groups excluding carboxylic acids is 1. The Labute approximate surface area is 211 Å². The van der Waals surface area contributed by atoms with Crippen LogP contribution in [0, 0.1) is 13.8 Å². The van der Waals surface area contributed by atoms with Gasteiger partial charge in [-0.3, -0.25) is 10.6 Å². The van der Waals surface area contributed by atoms with E-state index in [-0.39, 0.29) is 16.4 Å². The normalized spacial score (nSPS) is 16.3. The van der Waals surface area contributed by atoms with Crippen molar-refractivity contribution in [3.8, 4) is 5.75 Å². The molecule has 6 nitrogen and oxygen atoms in total. The molecule has 0 atom stereocenters. The molecule has 0 bridgehead atoms. The predicted octanol–water partition coefficient (Wildman–Crippen LogP) is 5.26. The minimum Gasteiger partial charge on any atom is -0.506 e. The zero-order chi connectivity index (χ0) is 24.0. The second-order valence-electron chi connectivity index (χ2n) is 7.20. The van der Waals surface area contributed by atoms with Gasteiger partial charge in [0.25, 0.3) is 10.0 Å². The molecule has 168 valence electrons. The molecule has 0 unspecified atom stereocenters. The summed E-state index contributed by atoms with van der Waals surface area (Å²) < 4.78 is 26.7. The topological polar surface area (TPSA) is 109 Å². The van der Waals surface area contributed by atoms with Crippen molar-refractivity contribution in [1.82, 2.24) is 4.83 Å². The molecule has 0 radical (unpaired) electrons. The average molecular weight is 647 g/mol. The lowest BCUT2D eigenvalue weighted by atomic mass is 9.85. The fourth-order valence-electron chi connectivity index (χ4n) is 3.48. The molecule has 0 aromatic heterocycles. The van der Waals surface area contributed by atoms with E-state index >= 15 is 0 Å². The highest BCUT2D eigenvalue weighted by Gasteiger charge is 2.28. The second kappa shape index (κ2) is 9.36. The highest BCUT2D eigenvalue weighted by Crippen LogP contribution is 2.44. The first-order chi connectivity index (χ1) is 14.9. The van der Waals surface area contributed by atoms with E-state index in [1.165, 1.54) is 6.07 Å². The van der Waals surface area contributed by atoms with Gasteiger partial charge in [-0.15, -0.1) is 0 Å². The first kappa shape index (κ1) is 25.1. The van der Waals surface area contributed by atoms with Crippen molar-refractivity contribution in [3.05, 3.63) is 83.2 Å². The maximum Gasteiger partial charge on any atom is 0.253 e. The third-order valence-corrected chi connectivity index (χ3v) is 9.00. The van der Waals surface area contributed by atoms with Crippen LogP contribution in [-0.2, 0) is 14.8 Å². The number of phenolic OH excluding ortho intramolecular Hbond substituents is 1. The quantitative estimate of drug-likeness (QED) is 0.310. The van der Waals surface area contributed by atoms with Gasteiger partial charge in [0.05, 0.1) is 18.3 Å². The van der Waals surface area contributed by atoms with Crippen LogP contribution in [0.1, 0.15) is 29.2 Å². The molecule has 1 aliphatic carbocycles. The molecule has 0 fully saturated rings. The molecule has 3 rings (SSSR count). The highest BCUT2D eigenvalue weighted by atomic mass is 79.9. The number of allylic oxidation sites excluding steroid dienone is 5. The molecule has 2 aromatic rings. The van der Waals surface area contributed by atoms with Crippen molar-refractivity contribution in [2.24, 2.45) is 5.84 Å². The monoisotopic (exact) mass is 644 g/mol. The molecule has 0 saturated carbocycles. The number of aryl methyl sites for hydroxylation is 1. The number of hydrogen-bond acceptors (Lipinski definition) is 5. The summed E-state index contributed by atoms with van der Waals surface area (Å²) >= 11 is 10.1. The van der Waals surface area contributed by atoms with E-state index in [0.29, 0.717) is 52.4 Å². The summed E-state index contributed by atoms with van der Waals surface area (Å²) in [5.74, 6) is 5.22. The summed E-state index contributed by atoms with van der Waals surface area (Å²) in [4.78, 5) is 14.3. The number of nitrogens with two attached hydrogens (primary N) is 1. The number of rotatable bonds is 4. The lowest BCUT2D eigenvalue weighted by molar-refractivity contribution is -0.111. The lowest BCUT2D eigenvalue weighted by Gasteiger charge is -2.23. The van der Waals surface area contributed by atoms with Gasteiger partial charge in [0.1, 0.15) is 5.75 Å². The maximum absolute atomic E-state index is 12.8. The Bertz CT molecular complexity index is 1360. The van der Waals surface area contributed by atoms with Gasteiger partial charge in [0.15, 0.2) is 0 Å². The molecule has 0 heterocycles. The fourth-order valence-corrected chi connectivity index (χ4v) is 5.97. The lowest BCUT2D eigenvalue weighted by Crippen LogP contribution is -2.31. The van der Waals surface area contributed by atoms with Crippen molar-refractivity contribution < 1.29 is 18.3 Å². The Balaban J connectivity index is 2.59. The van der Waals surface area contributed by atoms with E-state index in [2.05, 4.69) is 47.8 Å². The van der Waals surface area contributed by atoms with Crippen LogP contribution in [0.25, 0.3) is 5.57 Å². The van der Waals surface area contributed by atoms with Gasteiger partial charge < -0.3 is 5.11 Å². The van der Waals surface area contributed by atoms with Crippen molar-refractivity contribution in [3.63, 3.8) is 0 Å². The SMILES string of the molecule is CC1=C(Br)C(=O)C(Br)=C/C1=C(/c1ccccc1S(=O)(=O)NN)c1cc(C)c(O)c(Br)c1C. The van der Waals surface area contributed by atoms with Gasteiger partial charge in [-0.05, 0) is 120 Å². The molecule has 2 aromatic carbocycles. The van der Waals surface area contributed by atoms with Crippen molar-refractivity contribution in [2.75, 3.05) is 0 Å². The molecule has 10 heteroatoms. The van der Waals surface area contributed by atoms with Gasteiger partial charge in [0, 0.05) is 5.56 Å². The van der Waals surface area contributed by atoms with Crippen LogP contribution in [-0.4, -0.2) is 19.3 Å². The molecule has 0 aliphatic heterocycles.